The lowest BCUT2D eigenvalue weighted by Crippen LogP contribution is -2.31. The lowest BCUT2D eigenvalue weighted by Gasteiger charge is -2.18. The van der Waals surface area contributed by atoms with Crippen LogP contribution in [0.5, 0.6) is 5.75 Å². The Hall–Kier alpha value is -3.22. The number of benzene rings is 1. The fourth-order valence-electron chi connectivity index (χ4n) is 2.66. The number of aromatic amines is 1. The molecule has 6 nitrogen and oxygen atoms in total. The van der Waals surface area contributed by atoms with Crippen LogP contribution >= 0.6 is 0 Å². The summed E-state index contributed by atoms with van der Waals surface area (Å²) in [6.07, 6.45) is 1.51. The molecule has 0 aliphatic heterocycles. The average Bonchev–Trinajstić information content (AvgIpc) is 2.65. The highest BCUT2D eigenvalue weighted by Gasteiger charge is 2.20. The van der Waals surface area contributed by atoms with Gasteiger partial charge >= 0.3 is 0 Å². The number of para-hydroxylation sites is 1. The molecule has 3 rings (SSSR count). The summed E-state index contributed by atoms with van der Waals surface area (Å²) in [7, 11) is 1.48. The van der Waals surface area contributed by atoms with Crippen molar-refractivity contribution < 1.29 is 13.9 Å². The summed E-state index contributed by atoms with van der Waals surface area (Å²) in [5.74, 6) is -0.0828. The van der Waals surface area contributed by atoms with Crippen LogP contribution in [0.15, 0.2) is 53.5 Å². The Kier molecular flexibility index (Phi) is 4.74. The van der Waals surface area contributed by atoms with E-state index in [0.717, 1.165) is 0 Å². The Labute approximate surface area is 142 Å². The minimum absolute atomic E-state index is 0.139. The molecule has 2 heterocycles. The Morgan fingerprint density at radius 1 is 1.32 bits per heavy atom. The fraction of sp³-hybridized carbons (Fsp3) is 0.167. The number of nitrogens with zero attached hydrogens (tertiary/aromatic N) is 1. The molecule has 1 unspecified atom stereocenters. The van der Waals surface area contributed by atoms with Crippen LogP contribution in [0.4, 0.5) is 4.39 Å². The number of aromatic nitrogens is 2. The molecule has 0 saturated heterocycles. The summed E-state index contributed by atoms with van der Waals surface area (Å²) in [5, 5.41) is 3.10. The first-order valence-corrected chi connectivity index (χ1v) is 7.62. The van der Waals surface area contributed by atoms with Crippen molar-refractivity contribution in [1.29, 1.82) is 0 Å². The third-order valence-electron chi connectivity index (χ3n) is 3.83. The molecule has 0 spiro atoms. The van der Waals surface area contributed by atoms with Gasteiger partial charge in [-0.25, -0.2) is 9.37 Å². The third-order valence-corrected chi connectivity index (χ3v) is 3.83. The number of carbonyl (C=O) groups excluding carboxylic acids is 1. The highest BCUT2D eigenvalue weighted by Crippen LogP contribution is 2.25. The largest absolute Gasteiger partial charge is 0.496 e. The molecule has 1 atom stereocenters. The summed E-state index contributed by atoms with van der Waals surface area (Å²) >= 11 is 0. The number of H-pyrrole nitrogens is 1. The second kappa shape index (κ2) is 7.12. The predicted octanol–water partition coefficient (Wildman–Crippen LogP) is 2.37. The van der Waals surface area contributed by atoms with E-state index in [2.05, 4.69) is 15.3 Å². The SMILES string of the molecule is COc1ccccc1C(CF)NC(=O)c1cc(=O)[nH]c2ncccc12. The summed E-state index contributed by atoms with van der Waals surface area (Å²) in [6.45, 7) is -0.814. The zero-order valence-corrected chi connectivity index (χ0v) is 13.5. The van der Waals surface area contributed by atoms with Gasteiger partial charge in [-0.05, 0) is 18.2 Å². The number of alkyl halides is 1. The Morgan fingerprint density at radius 3 is 2.88 bits per heavy atom. The van der Waals surface area contributed by atoms with Gasteiger partial charge in [-0.3, -0.25) is 9.59 Å². The molecular formula is C18H16FN3O3. The number of ether oxygens (including phenoxy) is 1. The van der Waals surface area contributed by atoms with E-state index in [1.54, 1.807) is 36.4 Å². The standard InChI is InChI=1S/C18H16FN3O3/c1-25-15-7-3-2-5-12(15)14(10-19)21-18(24)13-9-16(23)22-17-11(13)6-4-8-20-17/h2-9,14H,10H2,1H3,(H,21,24)(H,20,22,23). The summed E-state index contributed by atoms with van der Waals surface area (Å²) in [5.41, 5.74) is 0.507. The maximum absolute atomic E-state index is 13.6. The quantitative estimate of drug-likeness (QED) is 0.746. The maximum Gasteiger partial charge on any atom is 0.252 e. The van der Waals surface area contributed by atoms with Crippen molar-refractivity contribution >= 4 is 16.9 Å². The van der Waals surface area contributed by atoms with Crippen molar-refractivity contribution in [3.63, 3.8) is 0 Å². The molecule has 0 bridgehead atoms. The number of hydrogen-bond acceptors (Lipinski definition) is 4. The number of amides is 1. The van der Waals surface area contributed by atoms with Crippen LogP contribution in [0, 0.1) is 0 Å². The van der Waals surface area contributed by atoms with Crippen molar-refractivity contribution in [3.8, 4) is 5.75 Å². The van der Waals surface area contributed by atoms with E-state index >= 15 is 0 Å². The highest BCUT2D eigenvalue weighted by atomic mass is 19.1. The van der Waals surface area contributed by atoms with Crippen molar-refractivity contribution in [3.05, 3.63) is 70.1 Å². The number of hydrogen-bond donors (Lipinski definition) is 2. The van der Waals surface area contributed by atoms with Gasteiger partial charge in [0.05, 0.1) is 18.7 Å². The molecule has 0 radical (unpaired) electrons. The topological polar surface area (TPSA) is 84.1 Å². The molecule has 2 aromatic heterocycles. The highest BCUT2D eigenvalue weighted by molar-refractivity contribution is 6.05. The average molecular weight is 341 g/mol. The van der Waals surface area contributed by atoms with Crippen LogP contribution in [-0.2, 0) is 0 Å². The first-order valence-electron chi connectivity index (χ1n) is 7.62. The lowest BCUT2D eigenvalue weighted by molar-refractivity contribution is 0.0930. The van der Waals surface area contributed by atoms with Gasteiger partial charge in [0, 0.05) is 23.2 Å². The molecule has 2 N–H and O–H groups in total. The molecule has 3 aromatic rings. The van der Waals surface area contributed by atoms with E-state index in [0.29, 0.717) is 22.3 Å². The number of carbonyl (C=O) groups is 1. The first kappa shape index (κ1) is 16.6. The minimum atomic E-state index is -0.894. The Bertz CT molecular complexity index is 971. The fourth-order valence-corrected chi connectivity index (χ4v) is 2.66. The van der Waals surface area contributed by atoms with Crippen LogP contribution in [0.3, 0.4) is 0 Å². The lowest BCUT2D eigenvalue weighted by atomic mass is 10.1. The van der Waals surface area contributed by atoms with Gasteiger partial charge in [0.2, 0.25) is 5.56 Å². The van der Waals surface area contributed by atoms with E-state index < -0.39 is 24.2 Å². The Morgan fingerprint density at radius 2 is 2.12 bits per heavy atom. The molecule has 0 fully saturated rings. The number of methoxy groups -OCH3 is 1. The van der Waals surface area contributed by atoms with Crippen molar-refractivity contribution in [2.24, 2.45) is 0 Å². The predicted molar refractivity (Wildman–Crippen MR) is 91.5 cm³/mol. The van der Waals surface area contributed by atoms with Gasteiger partial charge in [0.15, 0.2) is 0 Å². The maximum atomic E-state index is 13.6. The summed E-state index contributed by atoms with van der Waals surface area (Å²) in [6, 6.07) is 10.5. The molecule has 1 amide bonds. The molecule has 0 saturated carbocycles. The van der Waals surface area contributed by atoms with Gasteiger partial charge in [0.25, 0.3) is 5.91 Å². The van der Waals surface area contributed by atoms with Gasteiger partial charge < -0.3 is 15.0 Å². The van der Waals surface area contributed by atoms with Crippen molar-refractivity contribution in [2.75, 3.05) is 13.8 Å². The number of fused-ring (bicyclic) bond motifs is 1. The normalized spacial score (nSPS) is 11.9. The van der Waals surface area contributed by atoms with Crippen LogP contribution < -0.4 is 15.6 Å². The van der Waals surface area contributed by atoms with E-state index in [9.17, 15) is 14.0 Å². The van der Waals surface area contributed by atoms with Crippen LogP contribution in [-0.4, -0.2) is 29.7 Å². The zero-order valence-electron chi connectivity index (χ0n) is 13.5. The van der Waals surface area contributed by atoms with Crippen LogP contribution in [0.2, 0.25) is 0 Å². The zero-order chi connectivity index (χ0) is 17.8. The molecule has 7 heteroatoms. The van der Waals surface area contributed by atoms with Crippen molar-refractivity contribution in [2.45, 2.75) is 6.04 Å². The Balaban J connectivity index is 1.97. The van der Waals surface area contributed by atoms with E-state index in [1.807, 2.05) is 0 Å². The number of nitrogens with one attached hydrogen (secondary N) is 2. The number of pyridine rings is 2. The van der Waals surface area contributed by atoms with E-state index in [1.165, 1.54) is 19.4 Å². The molecule has 0 aliphatic carbocycles. The minimum Gasteiger partial charge on any atom is -0.496 e. The van der Waals surface area contributed by atoms with Crippen molar-refractivity contribution in [1.82, 2.24) is 15.3 Å². The van der Waals surface area contributed by atoms with Crippen LogP contribution in [0.1, 0.15) is 22.0 Å². The molecule has 128 valence electrons. The van der Waals surface area contributed by atoms with E-state index in [-0.39, 0.29) is 5.56 Å². The summed E-state index contributed by atoms with van der Waals surface area (Å²) < 4.78 is 18.8. The van der Waals surface area contributed by atoms with E-state index in [4.69, 9.17) is 4.74 Å². The molecular weight excluding hydrogens is 325 g/mol. The monoisotopic (exact) mass is 341 g/mol. The second-order valence-electron chi connectivity index (χ2n) is 5.37. The molecule has 1 aromatic carbocycles. The first-order chi connectivity index (χ1) is 12.1. The van der Waals surface area contributed by atoms with Gasteiger partial charge in [0.1, 0.15) is 18.1 Å². The second-order valence-corrected chi connectivity index (χ2v) is 5.37. The van der Waals surface area contributed by atoms with Gasteiger partial charge in [-0.1, -0.05) is 18.2 Å². The summed E-state index contributed by atoms with van der Waals surface area (Å²) in [4.78, 5) is 31.0. The smallest absolute Gasteiger partial charge is 0.252 e. The van der Waals surface area contributed by atoms with Gasteiger partial charge in [-0.2, -0.15) is 0 Å². The third kappa shape index (κ3) is 3.35. The molecule has 25 heavy (non-hydrogen) atoms. The molecule has 0 aliphatic rings. The number of rotatable bonds is 5. The van der Waals surface area contributed by atoms with Crippen LogP contribution in [0.25, 0.3) is 11.0 Å². The van der Waals surface area contributed by atoms with Gasteiger partial charge in [-0.15, -0.1) is 0 Å². The number of halogens is 1.